The van der Waals surface area contributed by atoms with Crippen LogP contribution in [0.4, 0.5) is 0 Å². The van der Waals surface area contributed by atoms with Gasteiger partial charge in [-0.15, -0.1) is 0 Å². The molecule has 0 aliphatic rings. The van der Waals surface area contributed by atoms with Gasteiger partial charge in [-0.25, -0.2) is 0 Å². The predicted octanol–water partition coefficient (Wildman–Crippen LogP) is 3.62. The van der Waals surface area contributed by atoms with Crippen molar-refractivity contribution < 1.29 is 4.21 Å². The van der Waals surface area contributed by atoms with Crippen LogP contribution < -0.4 is 5.32 Å². The van der Waals surface area contributed by atoms with E-state index in [9.17, 15) is 4.21 Å². The van der Waals surface area contributed by atoms with Crippen LogP contribution in [-0.2, 0) is 10.8 Å². The number of hydrogen-bond acceptors (Lipinski definition) is 2. The minimum Gasteiger partial charge on any atom is -0.309 e. The Labute approximate surface area is 120 Å². The maximum Gasteiger partial charge on any atom is 0.0436 e. The molecule has 1 N–H and O–H groups in total. The molecular formula is C16H27NOS. The maximum atomic E-state index is 11.9. The number of nitrogens with one attached hydrogen (secondary N) is 1. The van der Waals surface area contributed by atoms with Crippen molar-refractivity contribution in [1.82, 2.24) is 5.32 Å². The Bertz CT molecular complexity index is 386. The van der Waals surface area contributed by atoms with E-state index in [1.54, 1.807) is 0 Å². The highest BCUT2D eigenvalue weighted by atomic mass is 32.2. The summed E-state index contributed by atoms with van der Waals surface area (Å²) in [7, 11) is -0.729. The van der Waals surface area contributed by atoms with Crippen molar-refractivity contribution in [3.05, 3.63) is 35.4 Å². The van der Waals surface area contributed by atoms with Crippen LogP contribution in [-0.4, -0.2) is 22.3 Å². The third kappa shape index (κ3) is 5.45. The molecule has 0 aliphatic carbocycles. The molecule has 1 aromatic carbocycles. The van der Waals surface area contributed by atoms with Gasteiger partial charge in [0.15, 0.2) is 0 Å². The minimum atomic E-state index is -0.729. The smallest absolute Gasteiger partial charge is 0.0436 e. The van der Waals surface area contributed by atoms with E-state index in [1.165, 1.54) is 11.1 Å². The summed E-state index contributed by atoms with van der Waals surface area (Å²) < 4.78 is 11.9. The van der Waals surface area contributed by atoms with Crippen molar-refractivity contribution in [2.24, 2.45) is 0 Å². The molecule has 0 fully saturated rings. The summed E-state index contributed by atoms with van der Waals surface area (Å²) in [6, 6.07) is 8.93. The monoisotopic (exact) mass is 281 g/mol. The van der Waals surface area contributed by atoms with E-state index in [1.807, 2.05) is 0 Å². The summed E-state index contributed by atoms with van der Waals surface area (Å²) >= 11 is 0. The van der Waals surface area contributed by atoms with Crippen LogP contribution in [0.3, 0.4) is 0 Å². The summed E-state index contributed by atoms with van der Waals surface area (Å²) in [6.07, 6.45) is 0.984. The SMILES string of the molecule is CCCS(=O)CC(NCC)c1ccc(C(C)C)cc1. The number of rotatable bonds is 8. The average Bonchev–Trinajstić information content (AvgIpc) is 2.38. The third-order valence-corrected chi connectivity index (χ3v) is 4.81. The Morgan fingerprint density at radius 3 is 2.16 bits per heavy atom. The minimum absolute atomic E-state index is 0.207. The largest absolute Gasteiger partial charge is 0.309 e. The first-order chi connectivity index (χ1) is 9.08. The van der Waals surface area contributed by atoms with Gasteiger partial charge in [0.25, 0.3) is 0 Å². The van der Waals surface area contributed by atoms with Gasteiger partial charge in [0.1, 0.15) is 0 Å². The molecule has 0 bridgehead atoms. The zero-order valence-electron chi connectivity index (χ0n) is 12.6. The lowest BCUT2D eigenvalue weighted by molar-refractivity contribution is 0.593. The molecule has 0 spiro atoms. The summed E-state index contributed by atoms with van der Waals surface area (Å²) in [5.41, 5.74) is 2.60. The predicted molar refractivity (Wildman–Crippen MR) is 85.1 cm³/mol. The first kappa shape index (κ1) is 16.4. The fourth-order valence-corrected chi connectivity index (χ4v) is 3.43. The zero-order chi connectivity index (χ0) is 14.3. The fourth-order valence-electron chi connectivity index (χ4n) is 2.13. The first-order valence-electron chi connectivity index (χ1n) is 7.26. The van der Waals surface area contributed by atoms with Gasteiger partial charge in [-0.3, -0.25) is 4.21 Å². The highest BCUT2D eigenvalue weighted by Crippen LogP contribution is 2.19. The average molecular weight is 281 g/mol. The summed E-state index contributed by atoms with van der Waals surface area (Å²) in [5, 5.41) is 3.44. The summed E-state index contributed by atoms with van der Waals surface area (Å²) in [5.74, 6) is 2.06. The van der Waals surface area contributed by atoms with E-state index in [2.05, 4.69) is 57.3 Å². The van der Waals surface area contributed by atoms with Crippen LogP contribution in [0, 0.1) is 0 Å². The lowest BCUT2D eigenvalue weighted by Crippen LogP contribution is -2.26. The van der Waals surface area contributed by atoms with E-state index < -0.39 is 10.8 Å². The number of hydrogen-bond donors (Lipinski definition) is 1. The lowest BCUT2D eigenvalue weighted by Gasteiger charge is -2.18. The van der Waals surface area contributed by atoms with Gasteiger partial charge in [0.2, 0.25) is 0 Å². The van der Waals surface area contributed by atoms with Crippen LogP contribution in [0.1, 0.15) is 57.2 Å². The van der Waals surface area contributed by atoms with Gasteiger partial charge in [-0.05, 0) is 30.0 Å². The standard InChI is InChI=1S/C16H27NOS/c1-5-11-19(18)12-16(17-6-2)15-9-7-14(8-10-15)13(3)4/h7-10,13,16-17H,5-6,11-12H2,1-4H3. The van der Waals surface area contributed by atoms with Crippen molar-refractivity contribution >= 4 is 10.8 Å². The van der Waals surface area contributed by atoms with Crippen molar-refractivity contribution in [1.29, 1.82) is 0 Å². The molecule has 3 heteroatoms. The second-order valence-electron chi connectivity index (χ2n) is 5.24. The molecule has 0 saturated heterocycles. The van der Waals surface area contributed by atoms with Crippen LogP contribution in [0.5, 0.6) is 0 Å². The van der Waals surface area contributed by atoms with E-state index in [4.69, 9.17) is 0 Å². The Kier molecular flexibility index (Phi) is 7.32. The topological polar surface area (TPSA) is 29.1 Å². The first-order valence-corrected chi connectivity index (χ1v) is 8.75. The van der Waals surface area contributed by atoms with Gasteiger partial charge in [0.05, 0.1) is 0 Å². The van der Waals surface area contributed by atoms with Crippen LogP contribution >= 0.6 is 0 Å². The Morgan fingerprint density at radius 1 is 1.11 bits per heavy atom. The van der Waals surface area contributed by atoms with E-state index >= 15 is 0 Å². The quantitative estimate of drug-likeness (QED) is 0.788. The number of benzene rings is 1. The molecule has 0 aliphatic heterocycles. The molecule has 19 heavy (non-hydrogen) atoms. The van der Waals surface area contributed by atoms with Gasteiger partial charge in [-0.1, -0.05) is 52.0 Å². The van der Waals surface area contributed by atoms with Crippen molar-refractivity contribution in [2.45, 2.75) is 46.1 Å². The Morgan fingerprint density at radius 2 is 1.68 bits per heavy atom. The van der Waals surface area contributed by atoms with Crippen molar-refractivity contribution in [3.8, 4) is 0 Å². The highest BCUT2D eigenvalue weighted by molar-refractivity contribution is 7.85. The molecule has 2 unspecified atom stereocenters. The Balaban J connectivity index is 2.77. The maximum absolute atomic E-state index is 11.9. The molecule has 0 saturated carbocycles. The molecule has 1 aromatic rings. The van der Waals surface area contributed by atoms with Gasteiger partial charge < -0.3 is 5.32 Å². The highest BCUT2D eigenvalue weighted by Gasteiger charge is 2.13. The molecular weight excluding hydrogens is 254 g/mol. The molecule has 0 aromatic heterocycles. The van der Waals surface area contributed by atoms with Crippen LogP contribution in [0.15, 0.2) is 24.3 Å². The van der Waals surface area contributed by atoms with E-state index in [0.29, 0.717) is 11.7 Å². The second kappa shape index (κ2) is 8.49. The normalized spacial score (nSPS) is 14.6. The second-order valence-corrected chi connectivity index (χ2v) is 6.86. The van der Waals surface area contributed by atoms with Crippen molar-refractivity contribution in [3.63, 3.8) is 0 Å². The van der Waals surface area contributed by atoms with E-state index in [-0.39, 0.29) is 6.04 Å². The lowest BCUT2D eigenvalue weighted by atomic mass is 9.99. The molecule has 0 amide bonds. The molecule has 108 valence electrons. The fraction of sp³-hybridized carbons (Fsp3) is 0.625. The van der Waals surface area contributed by atoms with E-state index in [0.717, 1.165) is 18.7 Å². The molecule has 1 rings (SSSR count). The Hall–Kier alpha value is -0.670. The molecule has 2 nitrogen and oxygen atoms in total. The summed E-state index contributed by atoms with van der Waals surface area (Å²) in [4.78, 5) is 0. The molecule has 2 atom stereocenters. The van der Waals surface area contributed by atoms with Gasteiger partial charge in [-0.2, -0.15) is 0 Å². The van der Waals surface area contributed by atoms with Gasteiger partial charge in [0, 0.05) is 28.3 Å². The molecule has 0 radical (unpaired) electrons. The third-order valence-electron chi connectivity index (χ3n) is 3.24. The zero-order valence-corrected chi connectivity index (χ0v) is 13.4. The molecule has 0 heterocycles. The van der Waals surface area contributed by atoms with Gasteiger partial charge >= 0.3 is 0 Å². The summed E-state index contributed by atoms with van der Waals surface area (Å²) in [6.45, 7) is 9.48. The van der Waals surface area contributed by atoms with Crippen LogP contribution in [0.25, 0.3) is 0 Å². The van der Waals surface area contributed by atoms with Crippen molar-refractivity contribution in [2.75, 3.05) is 18.1 Å². The van der Waals surface area contributed by atoms with Crippen LogP contribution in [0.2, 0.25) is 0 Å².